The minimum absolute atomic E-state index is 0.225. The molecular weight excluding hydrogens is 346 g/mol. The number of hydrogen-bond acceptors (Lipinski definition) is 5. The minimum Gasteiger partial charge on any atom is -0.466 e. The third kappa shape index (κ3) is 3.16. The molecule has 27 heavy (non-hydrogen) atoms. The number of furan rings is 1. The van der Waals surface area contributed by atoms with Gasteiger partial charge in [0.15, 0.2) is 0 Å². The van der Waals surface area contributed by atoms with Crippen LogP contribution in [-0.2, 0) is 7.05 Å². The summed E-state index contributed by atoms with van der Waals surface area (Å²) in [6.45, 7) is 5.27. The highest BCUT2D eigenvalue weighted by atomic mass is 16.3. The van der Waals surface area contributed by atoms with Gasteiger partial charge in [-0.25, -0.2) is 4.98 Å². The number of nitrogens with one attached hydrogen (secondary N) is 2. The van der Waals surface area contributed by atoms with Gasteiger partial charge in [0.05, 0.1) is 5.69 Å². The maximum Gasteiger partial charge on any atom is 0.294 e. The summed E-state index contributed by atoms with van der Waals surface area (Å²) in [5, 5.41) is 6.23. The van der Waals surface area contributed by atoms with E-state index in [9.17, 15) is 9.59 Å². The summed E-state index contributed by atoms with van der Waals surface area (Å²) in [6.07, 6.45) is 5.58. The second kappa shape index (κ2) is 6.70. The van der Waals surface area contributed by atoms with Crippen molar-refractivity contribution in [2.75, 3.05) is 13.1 Å². The average Bonchev–Trinajstić information content (AvgIpc) is 3.36. The first-order chi connectivity index (χ1) is 12.9. The summed E-state index contributed by atoms with van der Waals surface area (Å²) in [5.41, 5.74) is 1.76. The fourth-order valence-corrected chi connectivity index (χ4v) is 3.61. The monoisotopic (exact) mass is 369 g/mol. The Kier molecular flexibility index (Phi) is 4.35. The largest absolute Gasteiger partial charge is 0.466 e. The second-order valence-electron chi connectivity index (χ2n) is 7.07. The van der Waals surface area contributed by atoms with Gasteiger partial charge < -0.3 is 19.6 Å². The van der Waals surface area contributed by atoms with Crippen molar-refractivity contribution in [3.05, 3.63) is 46.0 Å². The molecule has 1 amide bonds. The molecule has 0 radical (unpaired) electrons. The molecule has 0 spiro atoms. The van der Waals surface area contributed by atoms with Crippen molar-refractivity contribution in [3.63, 3.8) is 0 Å². The lowest BCUT2D eigenvalue weighted by atomic mass is 10.2. The second-order valence-corrected chi connectivity index (χ2v) is 7.07. The van der Waals surface area contributed by atoms with Crippen molar-refractivity contribution in [1.29, 1.82) is 0 Å². The summed E-state index contributed by atoms with van der Waals surface area (Å²) in [7, 11) is 1.69. The molecule has 0 unspecified atom stereocenters. The zero-order chi connectivity index (χ0) is 19.1. The van der Waals surface area contributed by atoms with Gasteiger partial charge in [0.25, 0.3) is 11.5 Å². The maximum atomic E-state index is 12.8. The summed E-state index contributed by atoms with van der Waals surface area (Å²) in [5.74, 6) is 1.25. The van der Waals surface area contributed by atoms with Crippen LogP contribution in [-0.4, -0.2) is 39.0 Å². The lowest BCUT2D eigenvalue weighted by molar-refractivity contribution is 0.0946. The molecule has 8 nitrogen and oxygen atoms in total. The predicted molar refractivity (Wildman–Crippen MR) is 101 cm³/mol. The SMILES string of the molecule is Cc1cc(-c2cn3cc(C(=O)NC[C@@H]4CCCN4)nc3c(=O)n2C)c(C)o1. The van der Waals surface area contributed by atoms with Gasteiger partial charge in [-0.15, -0.1) is 0 Å². The van der Waals surface area contributed by atoms with Crippen LogP contribution >= 0.6 is 0 Å². The van der Waals surface area contributed by atoms with Crippen LogP contribution in [0.2, 0.25) is 0 Å². The van der Waals surface area contributed by atoms with Gasteiger partial charge in [0.2, 0.25) is 5.65 Å². The minimum atomic E-state index is -0.272. The summed E-state index contributed by atoms with van der Waals surface area (Å²) in [6, 6.07) is 2.20. The highest BCUT2D eigenvalue weighted by Gasteiger charge is 2.19. The molecule has 1 atom stereocenters. The molecule has 4 heterocycles. The van der Waals surface area contributed by atoms with E-state index in [1.165, 1.54) is 4.57 Å². The van der Waals surface area contributed by atoms with E-state index in [-0.39, 0.29) is 22.8 Å². The first kappa shape index (κ1) is 17.5. The smallest absolute Gasteiger partial charge is 0.294 e. The molecule has 1 saturated heterocycles. The summed E-state index contributed by atoms with van der Waals surface area (Å²) in [4.78, 5) is 29.4. The highest BCUT2D eigenvalue weighted by Crippen LogP contribution is 2.25. The Morgan fingerprint density at radius 1 is 1.41 bits per heavy atom. The fourth-order valence-electron chi connectivity index (χ4n) is 3.61. The number of aromatic nitrogens is 3. The Hall–Kier alpha value is -2.87. The molecule has 4 rings (SSSR count). The van der Waals surface area contributed by atoms with Crippen LogP contribution < -0.4 is 16.2 Å². The highest BCUT2D eigenvalue weighted by molar-refractivity contribution is 5.92. The van der Waals surface area contributed by atoms with Crippen LogP contribution in [0.1, 0.15) is 34.9 Å². The van der Waals surface area contributed by atoms with Gasteiger partial charge >= 0.3 is 0 Å². The quantitative estimate of drug-likeness (QED) is 0.725. The van der Waals surface area contributed by atoms with E-state index in [1.54, 1.807) is 23.8 Å². The van der Waals surface area contributed by atoms with E-state index in [4.69, 9.17) is 4.42 Å². The van der Waals surface area contributed by atoms with E-state index in [0.29, 0.717) is 18.3 Å². The standard InChI is InChI=1S/C19H23N5O3/c1-11-7-14(12(2)27-11)16-10-24-9-15(22-17(24)19(26)23(16)3)18(25)21-8-13-5-4-6-20-13/h7,9-10,13,20H,4-6,8H2,1-3H3,(H,21,25)/t13-/m0/s1. The molecule has 3 aromatic rings. The number of hydrogen-bond donors (Lipinski definition) is 2. The van der Waals surface area contributed by atoms with Crippen LogP contribution in [0, 0.1) is 13.8 Å². The third-order valence-electron chi connectivity index (χ3n) is 5.07. The van der Waals surface area contributed by atoms with Crippen molar-refractivity contribution >= 4 is 11.6 Å². The molecule has 142 valence electrons. The topological polar surface area (TPSA) is 93.6 Å². The van der Waals surface area contributed by atoms with Crippen molar-refractivity contribution in [3.8, 4) is 11.3 Å². The van der Waals surface area contributed by atoms with E-state index < -0.39 is 0 Å². The van der Waals surface area contributed by atoms with Crippen LogP contribution in [0.4, 0.5) is 0 Å². The Morgan fingerprint density at radius 3 is 2.89 bits per heavy atom. The first-order valence-electron chi connectivity index (χ1n) is 9.12. The Bertz CT molecular complexity index is 1070. The number of carbonyl (C=O) groups excluding carboxylic acids is 1. The number of aryl methyl sites for hydroxylation is 2. The van der Waals surface area contributed by atoms with E-state index in [0.717, 1.165) is 36.5 Å². The Morgan fingerprint density at radius 2 is 2.22 bits per heavy atom. The number of fused-ring (bicyclic) bond motifs is 1. The normalized spacial score (nSPS) is 16.9. The Balaban J connectivity index is 1.67. The van der Waals surface area contributed by atoms with Gasteiger partial charge in [-0.05, 0) is 39.3 Å². The lowest BCUT2D eigenvalue weighted by Crippen LogP contribution is -2.37. The molecule has 1 fully saturated rings. The zero-order valence-electron chi connectivity index (χ0n) is 15.7. The Labute approximate surface area is 156 Å². The molecule has 0 bridgehead atoms. The molecule has 3 aromatic heterocycles. The van der Waals surface area contributed by atoms with Gasteiger partial charge in [0, 0.05) is 37.6 Å². The molecule has 0 aromatic carbocycles. The van der Waals surface area contributed by atoms with Gasteiger partial charge in [-0.1, -0.05) is 0 Å². The molecule has 2 N–H and O–H groups in total. The van der Waals surface area contributed by atoms with E-state index in [2.05, 4.69) is 15.6 Å². The van der Waals surface area contributed by atoms with Gasteiger partial charge in [0.1, 0.15) is 17.2 Å². The molecule has 0 saturated carbocycles. The molecule has 1 aliphatic rings. The third-order valence-corrected chi connectivity index (χ3v) is 5.07. The van der Waals surface area contributed by atoms with E-state index in [1.807, 2.05) is 19.9 Å². The maximum absolute atomic E-state index is 12.8. The molecular formula is C19H23N5O3. The average molecular weight is 369 g/mol. The summed E-state index contributed by atoms with van der Waals surface area (Å²) >= 11 is 0. The number of imidazole rings is 1. The van der Waals surface area contributed by atoms with Crippen LogP contribution in [0.5, 0.6) is 0 Å². The number of carbonyl (C=O) groups is 1. The van der Waals surface area contributed by atoms with Gasteiger partial charge in [-0.3, -0.25) is 14.0 Å². The van der Waals surface area contributed by atoms with Crippen molar-refractivity contribution in [2.24, 2.45) is 7.05 Å². The number of nitrogens with zero attached hydrogens (tertiary/aromatic N) is 3. The fraction of sp³-hybridized carbons (Fsp3) is 0.421. The number of amides is 1. The van der Waals surface area contributed by atoms with E-state index >= 15 is 0 Å². The first-order valence-corrected chi connectivity index (χ1v) is 9.12. The summed E-state index contributed by atoms with van der Waals surface area (Å²) < 4.78 is 8.73. The molecule has 1 aliphatic heterocycles. The molecule has 8 heteroatoms. The van der Waals surface area contributed by atoms with Crippen LogP contribution in [0.25, 0.3) is 16.9 Å². The van der Waals surface area contributed by atoms with Crippen LogP contribution in [0.3, 0.4) is 0 Å². The lowest BCUT2D eigenvalue weighted by Gasteiger charge is -2.10. The van der Waals surface area contributed by atoms with Crippen molar-refractivity contribution < 1.29 is 9.21 Å². The van der Waals surface area contributed by atoms with Gasteiger partial charge in [-0.2, -0.15) is 0 Å². The van der Waals surface area contributed by atoms with Crippen molar-refractivity contribution in [1.82, 2.24) is 24.6 Å². The van der Waals surface area contributed by atoms with Crippen LogP contribution in [0.15, 0.2) is 27.7 Å². The predicted octanol–water partition coefficient (Wildman–Crippen LogP) is 1.39. The number of rotatable bonds is 4. The van der Waals surface area contributed by atoms with Crippen molar-refractivity contribution in [2.45, 2.75) is 32.7 Å². The molecule has 0 aliphatic carbocycles. The zero-order valence-corrected chi connectivity index (χ0v) is 15.7.